The Morgan fingerprint density at radius 2 is 1.88 bits per heavy atom. The van der Waals surface area contributed by atoms with Crippen LogP contribution in [0, 0.1) is 5.82 Å². The van der Waals surface area contributed by atoms with E-state index in [9.17, 15) is 27.5 Å². The molecule has 2 aromatic carbocycles. The maximum absolute atomic E-state index is 14.2. The number of fused-ring (bicyclic) bond motifs is 2. The van der Waals surface area contributed by atoms with Gasteiger partial charge >= 0.3 is 6.18 Å². The van der Waals surface area contributed by atoms with Crippen LogP contribution in [0.1, 0.15) is 31.4 Å². The summed E-state index contributed by atoms with van der Waals surface area (Å²) >= 11 is 0. The van der Waals surface area contributed by atoms with E-state index < -0.39 is 41.5 Å². The number of hydrogen-bond acceptors (Lipinski definition) is 4. The normalized spacial score (nSPS) is 15.7. The van der Waals surface area contributed by atoms with E-state index in [0.29, 0.717) is 35.2 Å². The highest BCUT2D eigenvalue weighted by molar-refractivity contribution is 5.90. The molecule has 3 aromatic rings. The van der Waals surface area contributed by atoms with Crippen molar-refractivity contribution in [1.29, 1.82) is 0 Å². The highest BCUT2D eigenvalue weighted by Crippen LogP contribution is 2.46. The quantitative estimate of drug-likeness (QED) is 0.464. The lowest BCUT2D eigenvalue weighted by Crippen LogP contribution is -2.53. The second kappa shape index (κ2) is 8.06. The number of anilines is 1. The number of alkyl halides is 3. The van der Waals surface area contributed by atoms with Gasteiger partial charge in [-0.05, 0) is 30.0 Å². The summed E-state index contributed by atoms with van der Waals surface area (Å²) in [4.78, 5) is 14.6. The van der Waals surface area contributed by atoms with E-state index >= 15 is 0 Å². The number of pyridine rings is 1. The zero-order chi connectivity index (χ0) is 24.0. The van der Waals surface area contributed by atoms with Crippen LogP contribution in [0.15, 0.2) is 47.3 Å². The third-order valence-corrected chi connectivity index (χ3v) is 6.06. The molecule has 0 fully saturated rings. The van der Waals surface area contributed by atoms with Crippen molar-refractivity contribution in [3.8, 4) is 5.75 Å². The molecule has 0 spiro atoms. The van der Waals surface area contributed by atoms with Crippen LogP contribution in [0.3, 0.4) is 0 Å². The Kier molecular flexibility index (Phi) is 5.64. The lowest BCUT2D eigenvalue weighted by Gasteiger charge is -2.38. The average molecular weight is 464 g/mol. The van der Waals surface area contributed by atoms with Gasteiger partial charge in [0, 0.05) is 34.7 Å². The predicted octanol–water partition coefficient (Wildman–Crippen LogP) is 4.68. The Bertz CT molecular complexity index is 1250. The molecule has 9 heteroatoms. The fraction of sp³-hybridized carbons (Fsp3) is 0.375. The van der Waals surface area contributed by atoms with Gasteiger partial charge < -0.3 is 20.1 Å². The second-order valence-corrected chi connectivity index (χ2v) is 9.08. The maximum Gasteiger partial charge on any atom is 0.418 e. The molecule has 5 nitrogen and oxygen atoms in total. The molecule has 0 amide bonds. The Morgan fingerprint density at radius 1 is 1.15 bits per heavy atom. The van der Waals surface area contributed by atoms with Crippen molar-refractivity contribution in [3.05, 3.63) is 69.8 Å². The van der Waals surface area contributed by atoms with Crippen LogP contribution in [0.25, 0.3) is 10.9 Å². The van der Waals surface area contributed by atoms with Gasteiger partial charge in [0.05, 0.1) is 18.7 Å². The van der Waals surface area contributed by atoms with E-state index in [1.807, 2.05) is 0 Å². The van der Waals surface area contributed by atoms with Crippen molar-refractivity contribution in [3.63, 3.8) is 0 Å². The van der Waals surface area contributed by atoms with Crippen LogP contribution >= 0.6 is 0 Å². The highest BCUT2D eigenvalue weighted by Gasteiger charge is 2.56. The van der Waals surface area contributed by atoms with Crippen molar-refractivity contribution in [2.75, 3.05) is 18.5 Å². The molecule has 3 N–H and O–H groups in total. The Balaban J connectivity index is 1.67. The molecular weight excluding hydrogens is 440 g/mol. The number of rotatable bonds is 6. The number of H-pyrrole nitrogens is 1. The average Bonchev–Trinajstić information content (AvgIpc) is 3.18. The lowest BCUT2D eigenvalue weighted by atomic mass is 9.74. The zero-order valence-corrected chi connectivity index (χ0v) is 18.1. The van der Waals surface area contributed by atoms with Crippen molar-refractivity contribution in [1.82, 2.24) is 4.98 Å². The molecule has 1 aromatic heterocycles. The minimum absolute atomic E-state index is 0.171. The number of benzene rings is 2. The molecule has 0 saturated carbocycles. The number of aliphatic hydroxyl groups is 1. The SMILES string of the molecule is CC(C)(CC(O)(CNc1cc(=O)[nH]c2ccccc12)C(F)(F)F)c1cc(F)cc2c1OCC2. The number of hydrogen-bond donors (Lipinski definition) is 3. The molecule has 33 heavy (non-hydrogen) atoms. The summed E-state index contributed by atoms with van der Waals surface area (Å²) in [6.07, 6.45) is -5.28. The van der Waals surface area contributed by atoms with Gasteiger partial charge in [0.15, 0.2) is 5.60 Å². The summed E-state index contributed by atoms with van der Waals surface area (Å²) in [5, 5.41) is 14.0. The summed E-state index contributed by atoms with van der Waals surface area (Å²) in [6, 6.07) is 10.3. The van der Waals surface area contributed by atoms with E-state index in [1.165, 1.54) is 26.0 Å². The van der Waals surface area contributed by atoms with Gasteiger partial charge in [0.25, 0.3) is 0 Å². The predicted molar refractivity (Wildman–Crippen MR) is 117 cm³/mol. The number of para-hydroxylation sites is 1. The Morgan fingerprint density at radius 3 is 2.61 bits per heavy atom. The van der Waals surface area contributed by atoms with Crippen LogP contribution in [-0.2, 0) is 11.8 Å². The molecular formula is C24H24F4N2O3. The molecule has 4 rings (SSSR count). The van der Waals surface area contributed by atoms with Gasteiger partial charge in [-0.15, -0.1) is 0 Å². The van der Waals surface area contributed by atoms with E-state index in [2.05, 4.69) is 10.3 Å². The summed E-state index contributed by atoms with van der Waals surface area (Å²) in [5.74, 6) is -0.189. The third kappa shape index (κ3) is 4.42. The van der Waals surface area contributed by atoms with Crippen LogP contribution in [0.2, 0.25) is 0 Å². The fourth-order valence-electron chi connectivity index (χ4n) is 4.45. The third-order valence-electron chi connectivity index (χ3n) is 6.06. The van der Waals surface area contributed by atoms with Crippen molar-refractivity contribution < 1.29 is 27.4 Å². The largest absolute Gasteiger partial charge is 0.493 e. The maximum atomic E-state index is 14.2. The molecule has 1 unspecified atom stereocenters. The molecule has 0 aliphatic carbocycles. The van der Waals surface area contributed by atoms with Gasteiger partial charge in [-0.25, -0.2) is 4.39 Å². The van der Waals surface area contributed by atoms with Crippen LogP contribution in [-0.4, -0.2) is 35.0 Å². The molecule has 1 aliphatic heterocycles. The van der Waals surface area contributed by atoms with Gasteiger partial charge in [-0.1, -0.05) is 32.0 Å². The first-order valence-corrected chi connectivity index (χ1v) is 10.5. The molecule has 2 heterocycles. The number of aromatic nitrogens is 1. The Hall–Kier alpha value is -3.07. The first-order valence-electron chi connectivity index (χ1n) is 10.5. The first-order chi connectivity index (χ1) is 15.4. The molecule has 0 bridgehead atoms. The van der Waals surface area contributed by atoms with E-state index in [-0.39, 0.29) is 11.3 Å². The number of halogens is 4. The molecule has 0 radical (unpaired) electrons. The molecule has 1 atom stereocenters. The topological polar surface area (TPSA) is 74.4 Å². The molecule has 0 saturated heterocycles. The van der Waals surface area contributed by atoms with Gasteiger partial charge in [-0.2, -0.15) is 13.2 Å². The number of nitrogens with one attached hydrogen (secondary N) is 2. The number of ether oxygens (including phenoxy) is 1. The summed E-state index contributed by atoms with van der Waals surface area (Å²) < 4.78 is 62.2. The number of aromatic amines is 1. The van der Waals surface area contributed by atoms with E-state index in [0.717, 1.165) is 6.07 Å². The second-order valence-electron chi connectivity index (χ2n) is 9.08. The van der Waals surface area contributed by atoms with Crippen molar-refractivity contribution in [2.45, 2.75) is 43.9 Å². The summed E-state index contributed by atoms with van der Waals surface area (Å²) in [7, 11) is 0. The van der Waals surface area contributed by atoms with E-state index in [4.69, 9.17) is 4.74 Å². The highest BCUT2D eigenvalue weighted by atomic mass is 19.4. The van der Waals surface area contributed by atoms with Crippen LogP contribution in [0.5, 0.6) is 5.75 Å². The van der Waals surface area contributed by atoms with Gasteiger partial charge in [-0.3, -0.25) is 4.79 Å². The fourth-order valence-corrected chi connectivity index (χ4v) is 4.45. The monoisotopic (exact) mass is 464 g/mol. The first kappa shape index (κ1) is 23.1. The van der Waals surface area contributed by atoms with Crippen molar-refractivity contribution in [2.24, 2.45) is 0 Å². The van der Waals surface area contributed by atoms with Gasteiger partial charge in [0.2, 0.25) is 5.56 Å². The Labute approximate surface area is 187 Å². The van der Waals surface area contributed by atoms with Crippen LogP contribution < -0.4 is 15.6 Å². The zero-order valence-electron chi connectivity index (χ0n) is 18.1. The van der Waals surface area contributed by atoms with Gasteiger partial charge in [0.1, 0.15) is 11.6 Å². The van der Waals surface area contributed by atoms with E-state index in [1.54, 1.807) is 24.3 Å². The minimum atomic E-state index is -4.99. The van der Waals surface area contributed by atoms with Crippen LogP contribution in [0.4, 0.5) is 23.2 Å². The standard InChI is InChI=1S/C24H24F4N2O3/c1-22(2,17-10-15(25)9-14-7-8-33-21(14)17)12-23(32,24(26,27)28)13-29-19-11-20(31)30-18-6-4-3-5-16(18)19/h3-6,9-11,32H,7-8,12-13H2,1-2H3,(H2,29,30,31). The molecule has 176 valence electrons. The lowest BCUT2D eigenvalue weighted by molar-refractivity contribution is -0.260. The molecule has 1 aliphatic rings. The minimum Gasteiger partial charge on any atom is -0.493 e. The van der Waals surface area contributed by atoms with Crippen molar-refractivity contribution >= 4 is 16.6 Å². The summed E-state index contributed by atoms with van der Waals surface area (Å²) in [6.45, 7) is 2.46. The smallest absolute Gasteiger partial charge is 0.418 e. The summed E-state index contributed by atoms with van der Waals surface area (Å²) in [5.41, 5.74) is -3.43.